The molecule has 1 saturated heterocycles. The third-order valence-corrected chi connectivity index (χ3v) is 7.20. The second-order valence-electron chi connectivity index (χ2n) is 8.30. The number of carbonyl (C=O) groups excluding carboxylic acids is 1. The fourth-order valence-corrected chi connectivity index (χ4v) is 5.47. The normalized spacial score (nSPS) is 21.1. The molecule has 1 saturated carbocycles. The summed E-state index contributed by atoms with van der Waals surface area (Å²) in [5.41, 5.74) is 2.59. The van der Waals surface area contributed by atoms with Crippen LogP contribution in [0, 0.1) is 11.7 Å². The number of rotatable bonds is 6. The molecule has 5 rings (SSSR count). The summed E-state index contributed by atoms with van der Waals surface area (Å²) in [6.07, 6.45) is 5.72. The monoisotopic (exact) mass is 413 g/mol. The maximum Gasteiger partial charge on any atom is 0.277 e. The van der Waals surface area contributed by atoms with E-state index in [1.807, 2.05) is 4.90 Å². The van der Waals surface area contributed by atoms with Crippen molar-refractivity contribution in [3.63, 3.8) is 0 Å². The fourth-order valence-electron chi connectivity index (χ4n) is 4.45. The number of thioether (sulfide) groups is 1. The van der Waals surface area contributed by atoms with E-state index >= 15 is 0 Å². The van der Waals surface area contributed by atoms with Gasteiger partial charge in [-0.2, -0.15) is 4.98 Å². The topological polar surface area (TPSA) is 55.2 Å². The first-order chi connectivity index (χ1) is 14.1. The van der Waals surface area contributed by atoms with Crippen LogP contribution >= 0.6 is 11.8 Å². The Bertz CT molecular complexity index is 1000. The molecule has 1 unspecified atom stereocenters. The van der Waals surface area contributed by atoms with Gasteiger partial charge in [0.2, 0.25) is 5.91 Å². The van der Waals surface area contributed by atoms with E-state index in [9.17, 15) is 14.0 Å². The number of nitrogens with zero attached hydrogens (tertiary/aromatic N) is 3. The van der Waals surface area contributed by atoms with E-state index in [1.54, 1.807) is 12.1 Å². The van der Waals surface area contributed by atoms with Gasteiger partial charge in [0, 0.05) is 30.1 Å². The van der Waals surface area contributed by atoms with Crippen molar-refractivity contribution in [1.82, 2.24) is 14.5 Å². The lowest BCUT2D eigenvalue weighted by atomic mass is 10.2. The summed E-state index contributed by atoms with van der Waals surface area (Å²) < 4.78 is 15.3. The van der Waals surface area contributed by atoms with Crippen LogP contribution in [0.3, 0.4) is 0 Å². The van der Waals surface area contributed by atoms with Gasteiger partial charge in [0.25, 0.3) is 5.56 Å². The molecule has 1 amide bonds. The van der Waals surface area contributed by atoms with Crippen LogP contribution in [0.4, 0.5) is 4.39 Å². The van der Waals surface area contributed by atoms with E-state index in [0.29, 0.717) is 16.8 Å². The Balaban J connectivity index is 1.46. The van der Waals surface area contributed by atoms with Crippen LogP contribution in [0.1, 0.15) is 48.5 Å². The number of fused-ring (bicyclic) bond motifs is 1. The zero-order valence-corrected chi connectivity index (χ0v) is 17.1. The highest BCUT2D eigenvalue weighted by Gasteiger charge is 2.39. The SMILES string of the molecule is O=C1C(n2c(SCc3ccc(F)cc3)nc(=O)c3c2CCC3)CCN1CC1CC1. The molecule has 0 radical (unpaired) electrons. The third kappa shape index (κ3) is 3.72. The van der Waals surface area contributed by atoms with Crippen LogP contribution < -0.4 is 5.56 Å². The smallest absolute Gasteiger partial charge is 0.277 e. The van der Waals surface area contributed by atoms with Crippen LogP contribution in [0.2, 0.25) is 0 Å². The molecule has 2 aromatic rings. The molecule has 0 N–H and O–H groups in total. The molecular formula is C22H24FN3O2S. The number of amides is 1. The summed E-state index contributed by atoms with van der Waals surface area (Å²) in [6.45, 7) is 1.65. The van der Waals surface area contributed by atoms with Crippen molar-refractivity contribution in [1.29, 1.82) is 0 Å². The van der Waals surface area contributed by atoms with Crippen molar-refractivity contribution in [2.45, 2.75) is 55.5 Å². The van der Waals surface area contributed by atoms with Crippen molar-refractivity contribution in [3.8, 4) is 0 Å². The summed E-state index contributed by atoms with van der Waals surface area (Å²) in [6, 6.07) is 6.11. The average molecular weight is 414 g/mol. The highest BCUT2D eigenvalue weighted by molar-refractivity contribution is 7.98. The summed E-state index contributed by atoms with van der Waals surface area (Å²) >= 11 is 1.46. The number of hydrogen-bond acceptors (Lipinski definition) is 4. The molecule has 152 valence electrons. The molecule has 2 heterocycles. The van der Waals surface area contributed by atoms with E-state index < -0.39 is 0 Å². The minimum Gasteiger partial charge on any atom is -0.341 e. The Morgan fingerprint density at radius 3 is 2.66 bits per heavy atom. The number of likely N-dealkylation sites (tertiary alicyclic amines) is 1. The van der Waals surface area contributed by atoms with E-state index in [0.717, 1.165) is 55.6 Å². The van der Waals surface area contributed by atoms with Gasteiger partial charge in [-0.3, -0.25) is 9.59 Å². The predicted molar refractivity (Wildman–Crippen MR) is 109 cm³/mol. The predicted octanol–water partition coefficient (Wildman–Crippen LogP) is 3.35. The van der Waals surface area contributed by atoms with E-state index in [2.05, 4.69) is 9.55 Å². The first kappa shape index (κ1) is 18.9. The summed E-state index contributed by atoms with van der Waals surface area (Å²) in [7, 11) is 0. The molecule has 1 aliphatic heterocycles. The highest BCUT2D eigenvalue weighted by atomic mass is 32.2. The first-order valence-corrected chi connectivity index (χ1v) is 11.4. The number of halogens is 1. The van der Waals surface area contributed by atoms with Gasteiger partial charge >= 0.3 is 0 Å². The van der Waals surface area contributed by atoms with E-state index in [4.69, 9.17) is 0 Å². The molecule has 0 spiro atoms. The van der Waals surface area contributed by atoms with Gasteiger partial charge in [-0.15, -0.1) is 0 Å². The van der Waals surface area contributed by atoms with E-state index in [1.165, 1.54) is 36.7 Å². The number of hydrogen-bond donors (Lipinski definition) is 0. The minimum atomic E-state index is -0.265. The Kier molecular flexibility index (Phi) is 4.94. The van der Waals surface area contributed by atoms with Gasteiger partial charge in [0.05, 0.1) is 0 Å². The lowest BCUT2D eigenvalue weighted by molar-refractivity contribution is -0.130. The van der Waals surface area contributed by atoms with Crippen molar-refractivity contribution in [2.75, 3.05) is 13.1 Å². The maximum atomic E-state index is 13.2. The van der Waals surface area contributed by atoms with Gasteiger partial charge in [0.15, 0.2) is 5.16 Å². The van der Waals surface area contributed by atoms with Crippen molar-refractivity contribution >= 4 is 17.7 Å². The molecule has 29 heavy (non-hydrogen) atoms. The number of carbonyl (C=O) groups is 1. The summed E-state index contributed by atoms with van der Waals surface area (Å²) in [4.78, 5) is 32.1. The average Bonchev–Trinajstić information content (AvgIpc) is 3.27. The lowest BCUT2D eigenvalue weighted by Crippen LogP contribution is -2.32. The third-order valence-electron chi connectivity index (χ3n) is 6.18. The van der Waals surface area contributed by atoms with Crippen LogP contribution in [0.5, 0.6) is 0 Å². The largest absolute Gasteiger partial charge is 0.341 e. The maximum absolute atomic E-state index is 13.2. The van der Waals surface area contributed by atoms with Gasteiger partial charge in [0.1, 0.15) is 11.9 Å². The Morgan fingerprint density at radius 2 is 1.90 bits per heavy atom. The molecule has 3 aliphatic rings. The Hall–Kier alpha value is -2.15. The van der Waals surface area contributed by atoms with Gasteiger partial charge < -0.3 is 9.47 Å². The zero-order valence-electron chi connectivity index (χ0n) is 16.3. The zero-order chi connectivity index (χ0) is 20.0. The fraction of sp³-hybridized carbons (Fsp3) is 0.500. The van der Waals surface area contributed by atoms with Crippen molar-refractivity contribution in [3.05, 3.63) is 57.3 Å². The van der Waals surface area contributed by atoms with Crippen LogP contribution in [0.25, 0.3) is 0 Å². The minimum absolute atomic E-state index is 0.157. The Labute approximate surface area is 173 Å². The molecule has 2 fully saturated rings. The molecule has 1 atom stereocenters. The second kappa shape index (κ2) is 7.59. The molecule has 5 nitrogen and oxygen atoms in total. The second-order valence-corrected chi connectivity index (χ2v) is 9.24. The standard InChI is InChI=1S/C22H24FN3O2S/c23-16-8-6-15(7-9-16)13-29-22-24-20(27)17-2-1-3-18(17)26(22)19-10-11-25(21(19)28)12-14-4-5-14/h6-9,14,19H,1-5,10-13H2. The van der Waals surface area contributed by atoms with Gasteiger partial charge in [-0.25, -0.2) is 4.39 Å². The molecule has 7 heteroatoms. The summed E-state index contributed by atoms with van der Waals surface area (Å²) in [5, 5.41) is 0.617. The molecular weight excluding hydrogens is 389 g/mol. The number of benzene rings is 1. The van der Waals surface area contributed by atoms with Gasteiger partial charge in [-0.1, -0.05) is 23.9 Å². The number of aromatic nitrogens is 2. The lowest BCUT2D eigenvalue weighted by Gasteiger charge is -2.23. The molecule has 1 aromatic carbocycles. The van der Waals surface area contributed by atoms with E-state index in [-0.39, 0.29) is 23.3 Å². The molecule has 1 aromatic heterocycles. The quantitative estimate of drug-likeness (QED) is 0.538. The van der Waals surface area contributed by atoms with Crippen molar-refractivity contribution < 1.29 is 9.18 Å². The van der Waals surface area contributed by atoms with Crippen molar-refractivity contribution in [2.24, 2.45) is 5.92 Å². The van der Waals surface area contributed by atoms with Gasteiger partial charge in [-0.05, 0) is 62.1 Å². The first-order valence-electron chi connectivity index (χ1n) is 10.4. The Morgan fingerprint density at radius 1 is 1.10 bits per heavy atom. The van der Waals surface area contributed by atoms with Crippen LogP contribution in [-0.4, -0.2) is 33.4 Å². The van der Waals surface area contributed by atoms with Crippen LogP contribution in [0.15, 0.2) is 34.2 Å². The highest BCUT2D eigenvalue weighted by Crippen LogP contribution is 2.36. The molecule has 2 aliphatic carbocycles. The van der Waals surface area contributed by atoms with Crippen LogP contribution in [-0.2, 0) is 23.4 Å². The molecule has 0 bridgehead atoms. The summed E-state index contributed by atoms with van der Waals surface area (Å²) in [5.74, 6) is 1.15.